The number of nitrogens with zero attached hydrogens (tertiary/aromatic N) is 5. The maximum Gasteiger partial charge on any atom is 0.387 e. The Morgan fingerprint density at radius 2 is 1.17 bits per heavy atom. The molecule has 0 saturated carbocycles. The molecule has 234 valence electrons. The van der Waals surface area contributed by atoms with Crippen molar-refractivity contribution in [3.05, 3.63) is 136 Å². The van der Waals surface area contributed by atoms with Crippen LogP contribution in [0.2, 0.25) is 0 Å². The van der Waals surface area contributed by atoms with E-state index in [0.717, 1.165) is 42.1 Å². The third-order valence-corrected chi connectivity index (χ3v) is 6.35. The molecule has 0 saturated heterocycles. The minimum atomic E-state index is -1.09. The Morgan fingerprint density at radius 3 is 1.63 bits per heavy atom. The standard InChI is InChI=1S/C17H15NO3.C12H6N4O9/c1-18(2)12-9-7-11(8-10-12)17-16(20)15(19)13-5-3-4-6-14(13)21-17;17-13(18)7-3-1-5-9(11(7)15(21)22)25-10-6-2-4-8(14(19)20)12(10)16(23)24/h3-10,20H,1-2H3;1-6H. The number of nitro groups is 4. The normalized spacial score (nSPS) is 10.4. The van der Waals surface area contributed by atoms with Gasteiger partial charge in [-0.05, 0) is 48.5 Å². The van der Waals surface area contributed by atoms with Crippen LogP contribution in [0.3, 0.4) is 0 Å². The van der Waals surface area contributed by atoms with E-state index < -0.39 is 59.4 Å². The lowest BCUT2D eigenvalue weighted by atomic mass is 10.1. The summed E-state index contributed by atoms with van der Waals surface area (Å²) in [6.45, 7) is 0. The van der Waals surface area contributed by atoms with Crippen molar-refractivity contribution >= 4 is 39.4 Å². The molecule has 0 fully saturated rings. The van der Waals surface area contributed by atoms with Crippen LogP contribution in [0.15, 0.2) is 94.1 Å². The summed E-state index contributed by atoms with van der Waals surface area (Å²) in [5.74, 6) is -1.49. The molecule has 0 bridgehead atoms. The maximum absolute atomic E-state index is 12.2. The molecule has 5 aromatic rings. The molecule has 0 amide bonds. The average molecular weight is 632 g/mol. The third-order valence-electron chi connectivity index (χ3n) is 6.35. The van der Waals surface area contributed by atoms with Crippen molar-refractivity contribution in [3.8, 4) is 28.6 Å². The van der Waals surface area contributed by atoms with E-state index in [-0.39, 0.29) is 11.5 Å². The van der Waals surface area contributed by atoms with Crippen LogP contribution in [0.4, 0.5) is 28.4 Å². The molecule has 0 radical (unpaired) electrons. The average Bonchev–Trinajstić information content (AvgIpc) is 3.02. The zero-order chi connectivity index (χ0) is 33.7. The Bertz CT molecular complexity index is 1990. The molecule has 0 atom stereocenters. The minimum absolute atomic E-state index is 0.198. The van der Waals surface area contributed by atoms with Crippen LogP contribution >= 0.6 is 0 Å². The smallest absolute Gasteiger partial charge is 0.387 e. The molecule has 4 aromatic carbocycles. The molecule has 1 aromatic heterocycles. The van der Waals surface area contributed by atoms with Crippen LogP contribution in [0.5, 0.6) is 17.2 Å². The van der Waals surface area contributed by atoms with E-state index >= 15 is 0 Å². The summed E-state index contributed by atoms with van der Waals surface area (Å²) in [6.07, 6.45) is 0. The Balaban J connectivity index is 0.000000211. The second kappa shape index (κ2) is 13.2. The Hall–Kier alpha value is -6.91. The fraction of sp³-hybridized carbons (Fsp3) is 0.0690. The number of rotatable bonds is 8. The molecule has 1 heterocycles. The van der Waals surface area contributed by atoms with Crippen molar-refractivity contribution in [1.29, 1.82) is 0 Å². The number of ether oxygens (including phenoxy) is 1. The predicted octanol–water partition coefficient (Wildman–Crippen LogP) is 6.34. The van der Waals surface area contributed by atoms with Gasteiger partial charge in [0.05, 0.1) is 25.1 Å². The van der Waals surface area contributed by atoms with E-state index in [9.17, 15) is 50.4 Å². The highest BCUT2D eigenvalue weighted by molar-refractivity contribution is 5.82. The topological polar surface area (TPSA) is 235 Å². The number of benzene rings is 4. The highest BCUT2D eigenvalue weighted by Gasteiger charge is 2.34. The molecule has 0 aliphatic carbocycles. The first kappa shape index (κ1) is 32.0. The van der Waals surface area contributed by atoms with Crippen LogP contribution in [-0.2, 0) is 0 Å². The van der Waals surface area contributed by atoms with Gasteiger partial charge in [-0.1, -0.05) is 24.3 Å². The van der Waals surface area contributed by atoms with E-state index in [1.54, 1.807) is 24.3 Å². The molecule has 46 heavy (non-hydrogen) atoms. The van der Waals surface area contributed by atoms with Crippen LogP contribution in [0.1, 0.15) is 0 Å². The van der Waals surface area contributed by atoms with E-state index in [0.29, 0.717) is 16.5 Å². The number of fused-ring (bicyclic) bond motifs is 1. The largest absolute Gasteiger partial charge is 0.502 e. The zero-order valence-electron chi connectivity index (χ0n) is 23.8. The van der Waals surface area contributed by atoms with Crippen LogP contribution in [0.25, 0.3) is 22.3 Å². The lowest BCUT2D eigenvalue weighted by Gasteiger charge is -2.12. The van der Waals surface area contributed by atoms with Gasteiger partial charge in [0, 0.05) is 37.5 Å². The quantitative estimate of drug-likeness (QED) is 0.145. The molecular weight excluding hydrogens is 610 g/mol. The number of hydrogen-bond donors (Lipinski definition) is 1. The Kier molecular flexibility index (Phi) is 9.16. The second-order valence-corrected chi connectivity index (χ2v) is 9.42. The minimum Gasteiger partial charge on any atom is -0.502 e. The van der Waals surface area contributed by atoms with Gasteiger partial charge < -0.3 is 19.2 Å². The zero-order valence-corrected chi connectivity index (χ0v) is 23.8. The summed E-state index contributed by atoms with van der Waals surface area (Å²) < 4.78 is 10.7. The van der Waals surface area contributed by atoms with Crippen molar-refractivity contribution in [3.63, 3.8) is 0 Å². The first-order valence-corrected chi connectivity index (χ1v) is 12.9. The lowest BCUT2D eigenvalue weighted by molar-refractivity contribution is -0.424. The van der Waals surface area contributed by atoms with Gasteiger partial charge in [0.15, 0.2) is 5.76 Å². The molecule has 0 unspecified atom stereocenters. The molecule has 0 spiro atoms. The molecule has 0 aliphatic heterocycles. The van der Waals surface area contributed by atoms with Crippen molar-refractivity contribution in [2.75, 3.05) is 19.0 Å². The van der Waals surface area contributed by atoms with Crippen LogP contribution < -0.4 is 15.1 Å². The summed E-state index contributed by atoms with van der Waals surface area (Å²) in [6, 6.07) is 20.2. The monoisotopic (exact) mass is 631 g/mol. The van der Waals surface area contributed by atoms with E-state index in [1.165, 1.54) is 0 Å². The van der Waals surface area contributed by atoms with Crippen LogP contribution in [0, 0.1) is 40.5 Å². The van der Waals surface area contributed by atoms with Gasteiger partial charge in [0.2, 0.25) is 22.7 Å². The van der Waals surface area contributed by atoms with Gasteiger partial charge in [0.1, 0.15) is 5.58 Å². The molecule has 1 N–H and O–H groups in total. The fourth-order valence-electron chi connectivity index (χ4n) is 4.21. The van der Waals surface area contributed by atoms with Crippen LogP contribution in [-0.4, -0.2) is 38.9 Å². The molecular formula is C29H21N5O12. The summed E-state index contributed by atoms with van der Waals surface area (Å²) >= 11 is 0. The summed E-state index contributed by atoms with van der Waals surface area (Å²) in [4.78, 5) is 54.0. The van der Waals surface area contributed by atoms with E-state index in [1.807, 2.05) is 43.3 Å². The van der Waals surface area contributed by atoms with Gasteiger partial charge in [-0.2, -0.15) is 0 Å². The predicted molar refractivity (Wildman–Crippen MR) is 163 cm³/mol. The third kappa shape index (κ3) is 6.52. The van der Waals surface area contributed by atoms with Crippen molar-refractivity contribution in [1.82, 2.24) is 0 Å². The second-order valence-electron chi connectivity index (χ2n) is 9.42. The first-order valence-electron chi connectivity index (χ1n) is 12.9. The van der Waals surface area contributed by atoms with Gasteiger partial charge in [-0.15, -0.1) is 0 Å². The SMILES string of the molecule is CN(C)c1ccc(-c2oc3ccccc3c(=O)c2O)cc1.O=[N+]([O-])c1cccc(Oc2cccc([N+](=O)[O-])c2[N+](=O)[O-])c1[N+](=O)[O-]. The number of hydrogen-bond acceptors (Lipinski definition) is 13. The van der Waals surface area contributed by atoms with E-state index in [4.69, 9.17) is 9.15 Å². The van der Waals surface area contributed by atoms with Crippen molar-refractivity contribution in [2.24, 2.45) is 0 Å². The van der Waals surface area contributed by atoms with Crippen molar-refractivity contribution in [2.45, 2.75) is 0 Å². The Morgan fingerprint density at radius 1 is 0.674 bits per heavy atom. The highest BCUT2D eigenvalue weighted by atomic mass is 16.7. The van der Waals surface area contributed by atoms with Gasteiger partial charge in [-0.25, -0.2) is 0 Å². The fourth-order valence-corrected chi connectivity index (χ4v) is 4.21. The van der Waals surface area contributed by atoms with E-state index in [2.05, 4.69) is 0 Å². The Labute approximate surface area is 256 Å². The van der Waals surface area contributed by atoms with Gasteiger partial charge in [0.25, 0.3) is 0 Å². The first-order chi connectivity index (χ1) is 21.8. The molecule has 0 aliphatic rings. The summed E-state index contributed by atoms with van der Waals surface area (Å²) in [5.41, 5.74) is -2.11. The number of aromatic hydroxyl groups is 1. The van der Waals surface area contributed by atoms with Crippen molar-refractivity contribution < 1.29 is 34.0 Å². The lowest BCUT2D eigenvalue weighted by Crippen LogP contribution is -2.08. The van der Waals surface area contributed by atoms with Gasteiger partial charge in [-0.3, -0.25) is 45.3 Å². The van der Waals surface area contributed by atoms with Gasteiger partial charge >= 0.3 is 22.7 Å². The highest BCUT2D eigenvalue weighted by Crippen LogP contribution is 2.43. The number of anilines is 1. The molecule has 17 nitrogen and oxygen atoms in total. The molecule has 17 heteroatoms. The maximum atomic E-state index is 12.2. The summed E-state index contributed by atoms with van der Waals surface area (Å²) in [7, 11) is 3.89. The molecule has 5 rings (SSSR count). The summed E-state index contributed by atoms with van der Waals surface area (Å²) in [5, 5.41) is 54.5. The number of para-hydroxylation sites is 3. The number of nitro benzene ring substituents is 4.